The number of halogens is 3. The largest absolute Gasteiger partial charge is 0.475 e. The zero-order valence-corrected chi connectivity index (χ0v) is 11.1. The highest BCUT2D eigenvalue weighted by atomic mass is 19.4. The predicted molar refractivity (Wildman–Crippen MR) is 65.6 cm³/mol. The van der Waals surface area contributed by atoms with Crippen LogP contribution in [0.5, 0.6) is 5.88 Å². The van der Waals surface area contributed by atoms with Crippen molar-refractivity contribution in [3.8, 4) is 5.88 Å². The average Bonchev–Trinajstić information content (AvgIpc) is 2.35. The third-order valence-electron chi connectivity index (χ3n) is 2.22. The maximum Gasteiger partial charge on any atom is 0.471 e. The Hall–Kier alpha value is -1.83. The van der Waals surface area contributed by atoms with Crippen LogP contribution in [0, 0.1) is 6.92 Å². The summed E-state index contributed by atoms with van der Waals surface area (Å²) >= 11 is 0. The number of aromatic nitrogens is 1. The third-order valence-corrected chi connectivity index (χ3v) is 2.22. The number of hydrogen-bond donors (Lipinski definition) is 1. The van der Waals surface area contributed by atoms with E-state index in [0.717, 1.165) is 6.20 Å². The monoisotopic (exact) mass is 292 g/mol. The van der Waals surface area contributed by atoms with Gasteiger partial charge in [0.2, 0.25) is 5.88 Å². The standard InChI is InChI=1S/C12H15F3N2O3/c1-3-19-4-5-20-10-8(2)6-9(7-16-10)17-11(18)12(13,14)15/h6-7H,3-5H2,1-2H3,(H,17,18). The summed E-state index contributed by atoms with van der Waals surface area (Å²) in [5.74, 6) is -1.75. The highest BCUT2D eigenvalue weighted by Gasteiger charge is 2.38. The van der Waals surface area contributed by atoms with Crippen molar-refractivity contribution in [1.29, 1.82) is 0 Å². The van der Waals surface area contributed by atoms with E-state index in [1.54, 1.807) is 12.2 Å². The minimum absolute atomic E-state index is 0.0398. The lowest BCUT2D eigenvalue weighted by Crippen LogP contribution is -2.30. The second kappa shape index (κ2) is 7.09. The maximum absolute atomic E-state index is 12.1. The molecule has 112 valence electrons. The summed E-state index contributed by atoms with van der Waals surface area (Å²) in [6.07, 6.45) is -3.83. The van der Waals surface area contributed by atoms with Crippen molar-refractivity contribution >= 4 is 11.6 Å². The van der Waals surface area contributed by atoms with E-state index < -0.39 is 12.1 Å². The summed E-state index contributed by atoms with van der Waals surface area (Å²) in [6, 6.07) is 1.35. The van der Waals surface area contributed by atoms with E-state index in [1.807, 2.05) is 6.92 Å². The summed E-state index contributed by atoms with van der Waals surface area (Å²) in [7, 11) is 0. The summed E-state index contributed by atoms with van der Waals surface area (Å²) in [4.78, 5) is 14.6. The van der Waals surface area contributed by atoms with Gasteiger partial charge in [-0.05, 0) is 19.9 Å². The van der Waals surface area contributed by atoms with Gasteiger partial charge < -0.3 is 14.8 Å². The molecule has 0 bridgehead atoms. The predicted octanol–water partition coefficient (Wildman–Crippen LogP) is 2.31. The van der Waals surface area contributed by atoms with E-state index in [-0.39, 0.29) is 18.2 Å². The Morgan fingerprint density at radius 2 is 2.10 bits per heavy atom. The van der Waals surface area contributed by atoms with Crippen molar-refractivity contribution in [2.45, 2.75) is 20.0 Å². The van der Waals surface area contributed by atoms with Gasteiger partial charge in [0, 0.05) is 12.2 Å². The Morgan fingerprint density at radius 3 is 2.65 bits per heavy atom. The molecule has 0 saturated heterocycles. The molecule has 1 N–H and O–H groups in total. The molecule has 5 nitrogen and oxygen atoms in total. The number of ether oxygens (including phenoxy) is 2. The summed E-state index contributed by atoms with van der Waals surface area (Å²) in [5, 5.41) is 1.72. The van der Waals surface area contributed by atoms with Crippen LogP contribution in [-0.4, -0.2) is 36.9 Å². The Bertz CT molecular complexity index is 464. The molecule has 0 aromatic carbocycles. The van der Waals surface area contributed by atoms with E-state index >= 15 is 0 Å². The fraction of sp³-hybridized carbons (Fsp3) is 0.500. The van der Waals surface area contributed by atoms with Crippen LogP contribution in [0.1, 0.15) is 12.5 Å². The molecule has 1 rings (SSSR count). The molecular formula is C12H15F3N2O3. The van der Waals surface area contributed by atoms with Gasteiger partial charge in [0.1, 0.15) is 6.61 Å². The molecular weight excluding hydrogens is 277 g/mol. The smallest absolute Gasteiger partial charge is 0.471 e. The van der Waals surface area contributed by atoms with Gasteiger partial charge in [-0.3, -0.25) is 4.79 Å². The molecule has 0 spiro atoms. The lowest BCUT2D eigenvalue weighted by atomic mass is 10.3. The second-order valence-electron chi connectivity index (χ2n) is 3.84. The van der Waals surface area contributed by atoms with Gasteiger partial charge in [0.05, 0.1) is 18.5 Å². The number of anilines is 1. The number of nitrogens with zero attached hydrogens (tertiary/aromatic N) is 1. The van der Waals surface area contributed by atoms with Crippen LogP contribution in [-0.2, 0) is 9.53 Å². The quantitative estimate of drug-likeness (QED) is 0.817. The molecule has 0 atom stereocenters. The molecule has 1 aromatic heterocycles. The topological polar surface area (TPSA) is 60.5 Å². The number of rotatable bonds is 6. The number of nitrogens with one attached hydrogen (secondary N) is 1. The molecule has 8 heteroatoms. The summed E-state index contributed by atoms with van der Waals surface area (Å²) in [5.41, 5.74) is 0.475. The Balaban J connectivity index is 2.61. The van der Waals surface area contributed by atoms with Gasteiger partial charge in [0.25, 0.3) is 0 Å². The lowest BCUT2D eigenvalue weighted by Gasteiger charge is -2.11. The van der Waals surface area contributed by atoms with Gasteiger partial charge in [-0.25, -0.2) is 4.98 Å². The van der Waals surface area contributed by atoms with E-state index in [2.05, 4.69) is 4.98 Å². The van der Waals surface area contributed by atoms with Gasteiger partial charge in [-0.15, -0.1) is 0 Å². The van der Waals surface area contributed by atoms with Crippen LogP contribution in [0.3, 0.4) is 0 Å². The number of hydrogen-bond acceptors (Lipinski definition) is 4. The summed E-state index contributed by atoms with van der Waals surface area (Å²) in [6.45, 7) is 4.71. The van der Waals surface area contributed by atoms with Crippen LogP contribution in [0.15, 0.2) is 12.3 Å². The molecule has 0 aliphatic heterocycles. The van der Waals surface area contributed by atoms with Crippen LogP contribution in [0.2, 0.25) is 0 Å². The van der Waals surface area contributed by atoms with Crippen LogP contribution in [0.4, 0.5) is 18.9 Å². The van der Waals surface area contributed by atoms with E-state index in [1.165, 1.54) is 6.07 Å². The van der Waals surface area contributed by atoms with Crippen molar-refractivity contribution in [1.82, 2.24) is 4.98 Å². The third kappa shape index (κ3) is 5.04. The first-order chi connectivity index (χ1) is 9.34. The van der Waals surface area contributed by atoms with Gasteiger partial charge in [0.15, 0.2) is 0 Å². The number of pyridine rings is 1. The molecule has 0 fully saturated rings. The molecule has 0 aliphatic rings. The van der Waals surface area contributed by atoms with Crippen LogP contribution < -0.4 is 10.1 Å². The van der Waals surface area contributed by atoms with Crippen molar-refractivity contribution in [3.05, 3.63) is 17.8 Å². The SMILES string of the molecule is CCOCCOc1ncc(NC(=O)C(F)(F)F)cc1C. The molecule has 1 heterocycles. The second-order valence-corrected chi connectivity index (χ2v) is 3.84. The highest BCUT2D eigenvalue weighted by molar-refractivity contribution is 5.94. The summed E-state index contributed by atoms with van der Waals surface area (Å²) < 4.78 is 46.6. The zero-order valence-electron chi connectivity index (χ0n) is 11.1. The van der Waals surface area contributed by atoms with E-state index in [9.17, 15) is 18.0 Å². The minimum Gasteiger partial charge on any atom is -0.475 e. The number of alkyl halides is 3. The Kier molecular flexibility index (Phi) is 5.75. The van der Waals surface area contributed by atoms with Crippen molar-refractivity contribution in [2.75, 3.05) is 25.1 Å². The number of aryl methyl sites for hydroxylation is 1. The molecule has 0 saturated carbocycles. The van der Waals surface area contributed by atoms with Gasteiger partial charge in [-0.1, -0.05) is 0 Å². The van der Waals surface area contributed by atoms with Crippen molar-refractivity contribution in [3.63, 3.8) is 0 Å². The molecule has 1 amide bonds. The Labute approximate surface area is 114 Å². The van der Waals surface area contributed by atoms with Crippen molar-refractivity contribution < 1.29 is 27.4 Å². The maximum atomic E-state index is 12.1. The van der Waals surface area contributed by atoms with Gasteiger partial charge in [-0.2, -0.15) is 13.2 Å². The van der Waals surface area contributed by atoms with E-state index in [4.69, 9.17) is 9.47 Å². The molecule has 0 aliphatic carbocycles. The fourth-order valence-electron chi connectivity index (χ4n) is 1.33. The first kappa shape index (κ1) is 16.2. The number of carbonyl (C=O) groups is 1. The first-order valence-electron chi connectivity index (χ1n) is 5.90. The van der Waals surface area contributed by atoms with E-state index in [0.29, 0.717) is 18.8 Å². The zero-order chi connectivity index (χ0) is 15.2. The number of amides is 1. The van der Waals surface area contributed by atoms with Gasteiger partial charge >= 0.3 is 12.1 Å². The van der Waals surface area contributed by atoms with Crippen LogP contribution >= 0.6 is 0 Å². The molecule has 20 heavy (non-hydrogen) atoms. The average molecular weight is 292 g/mol. The number of carbonyl (C=O) groups excluding carboxylic acids is 1. The van der Waals surface area contributed by atoms with Crippen molar-refractivity contribution in [2.24, 2.45) is 0 Å². The highest BCUT2D eigenvalue weighted by Crippen LogP contribution is 2.21. The molecule has 0 unspecified atom stereocenters. The van der Waals surface area contributed by atoms with Crippen LogP contribution in [0.25, 0.3) is 0 Å². The molecule has 0 radical (unpaired) electrons. The normalized spacial score (nSPS) is 11.2. The minimum atomic E-state index is -4.93. The Morgan fingerprint density at radius 1 is 1.40 bits per heavy atom. The lowest BCUT2D eigenvalue weighted by molar-refractivity contribution is -0.167. The molecule has 1 aromatic rings. The first-order valence-corrected chi connectivity index (χ1v) is 5.90. The fourth-order valence-corrected chi connectivity index (χ4v) is 1.33.